The zero-order valence-corrected chi connectivity index (χ0v) is 17.9. The van der Waals surface area contributed by atoms with Gasteiger partial charge in [0.1, 0.15) is 11.6 Å². The summed E-state index contributed by atoms with van der Waals surface area (Å²) in [5, 5.41) is 4.00. The number of halogens is 1. The molecule has 4 aromatic rings. The highest BCUT2D eigenvalue weighted by Crippen LogP contribution is 2.29. The molecule has 30 heavy (non-hydrogen) atoms. The van der Waals surface area contributed by atoms with Gasteiger partial charge in [-0.25, -0.2) is 14.4 Å². The number of aromatic nitrogens is 3. The first kappa shape index (κ1) is 20.2. The van der Waals surface area contributed by atoms with Gasteiger partial charge in [-0.2, -0.15) is 0 Å². The van der Waals surface area contributed by atoms with Crippen LogP contribution in [-0.4, -0.2) is 20.9 Å². The molecule has 0 fully saturated rings. The number of amides is 1. The first-order chi connectivity index (χ1) is 14.4. The van der Waals surface area contributed by atoms with E-state index in [4.69, 9.17) is 0 Å². The number of aromatic amines is 1. The molecule has 5 nitrogen and oxygen atoms in total. The molecule has 2 heterocycles. The lowest BCUT2D eigenvalue weighted by Gasteiger charge is -2.20. The smallest absolute Gasteiger partial charge is 0.225 e. The zero-order chi connectivity index (χ0) is 21.3. The van der Waals surface area contributed by atoms with E-state index in [0.717, 1.165) is 38.0 Å². The van der Waals surface area contributed by atoms with Crippen LogP contribution in [0.5, 0.6) is 0 Å². The van der Waals surface area contributed by atoms with Gasteiger partial charge in [-0.1, -0.05) is 26.0 Å². The number of imidazole rings is 1. The lowest BCUT2D eigenvalue weighted by atomic mass is 10.0. The molecule has 0 saturated carbocycles. The van der Waals surface area contributed by atoms with Gasteiger partial charge in [-0.3, -0.25) is 4.79 Å². The fourth-order valence-electron chi connectivity index (χ4n) is 3.46. The normalized spacial score (nSPS) is 12.4. The minimum Gasteiger partial charge on any atom is -0.346 e. The summed E-state index contributed by atoms with van der Waals surface area (Å²) in [5.74, 6) is 0.518. The molecule has 0 bridgehead atoms. The average molecular weight is 423 g/mol. The highest BCUT2D eigenvalue weighted by atomic mass is 32.1. The van der Waals surface area contributed by atoms with Gasteiger partial charge in [-0.15, -0.1) is 11.3 Å². The summed E-state index contributed by atoms with van der Waals surface area (Å²) in [4.78, 5) is 26.3. The quantitative estimate of drug-likeness (QED) is 0.449. The van der Waals surface area contributed by atoms with Gasteiger partial charge in [0.25, 0.3) is 0 Å². The number of para-hydroxylation sites is 2. The second-order valence-corrected chi connectivity index (χ2v) is 8.90. The molecular formula is C23H23FN4OS. The number of nitrogens with zero attached hydrogens (tertiary/aromatic N) is 2. The first-order valence-corrected chi connectivity index (χ1v) is 10.7. The molecule has 0 aliphatic heterocycles. The van der Waals surface area contributed by atoms with Crippen LogP contribution in [-0.2, 0) is 11.2 Å². The average Bonchev–Trinajstić information content (AvgIpc) is 3.29. The van der Waals surface area contributed by atoms with E-state index < -0.39 is 0 Å². The van der Waals surface area contributed by atoms with Gasteiger partial charge < -0.3 is 10.3 Å². The topological polar surface area (TPSA) is 70.7 Å². The molecule has 0 aliphatic rings. The number of hydrogen-bond acceptors (Lipinski definition) is 4. The predicted octanol–water partition coefficient (Wildman–Crippen LogP) is 5.19. The third kappa shape index (κ3) is 4.26. The van der Waals surface area contributed by atoms with Crippen molar-refractivity contribution in [2.45, 2.75) is 33.2 Å². The predicted molar refractivity (Wildman–Crippen MR) is 118 cm³/mol. The Labute approximate surface area is 178 Å². The number of fused-ring (bicyclic) bond motifs is 1. The Balaban J connectivity index is 1.55. The van der Waals surface area contributed by atoms with Crippen LogP contribution in [0.3, 0.4) is 0 Å². The van der Waals surface area contributed by atoms with E-state index in [1.807, 2.05) is 31.2 Å². The molecule has 1 amide bonds. The summed E-state index contributed by atoms with van der Waals surface area (Å²) in [6, 6.07) is 13.8. The van der Waals surface area contributed by atoms with E-state index in [0.29, 0.717) is 0 Å². The number of thiazole rings is 1. The summed E-state index contributed by atoms with van der Waals surface area (Å²) >= 11 is 1.49. The highest BCUT2D eigenvalue weighted by molar-refractivity contribution is 7.12. The molecule has 2 N–H and O–H groups in total. The van der Waals surface area contributed by atoms with Crippen molar-refractivity contribution >= 4 is 28.3 Å². The zero-order valence-electron chi connectivity index (χ0n) is 17.1. The third-order valence-electron chi connectivity index (χ3n) is 4.93. The number of hydrogen-bond donors (Lipinski definition) is 2. The number of carbonyl (C=O) groups excluding carboxylic acids is 1. The maximum atomic E-state index is 13.3. The van der Waals surface area contributed by atoms with Gasteiger partial charge in [0.05, 0.1) is 34.2 Å². The Bertz CT molecular complexity index is 1150. The van der Waals surface area contributed by atoms with Crippen LogP contribution in [0.4, 0.5) is 4.39 Å². The number of nitrogens with one attached hydrogen (secondary N) is 2. The van der Waals surface area contributed by atoms with E-state index in [2.05, 4.69) is 34.1 Å². The van der Waals surface area contributed by atoms with E-state index in [9.17, 15) is 9.18 Å². The lowest BCUT2D eigenvalue weighted by molar-refractivity contribution is -0.121. The minimum absolute atomic E-state index is 0.0961. The summed E-state index contributed by atoms with van der Waals surface area (Å²) < 4.78 is 13.3. The van der Waals surface area contributed by atoms with Crippen LogP contribution in [0, 0.1) is 18.7 Å². The molecule has 0 unspecified atom stereocenters. The van der Waals surface area contributed by atoms with Crippen LogP contribution >= 0.6 is 11.3 Å². The maximum Gasteiger partial charge on any atom is 0.225 e. The third-order valence-corrected chi connectivity index (χ3v) is 5.90. The van der Waals surface area contributed by atoms with Gasteiger partial charge in [0.15, 0.2) is 0 Å². The molecule has 0 aliphatic carbocycles. The summed E-state index contributed by atoms with van der Waals surface area (Å²) in [6.45, 7) is 6.02. The Kier molecular flexibility index (Phi) is 5.63. The Hall–Kier alpha value is -3.06. The second kappa shape index (κ2) is 8.36. The minimum atomic E-state index is -0.296. The van der Waals surface area contributed by atoms with Crippen molar-refractivity contribution in [1.29, 1.82) is 0 Å². The van der Waals surface area contributed by atoms with E-state index in [1.54, 1.807) is 12.1 Å². The Morgan fingerprint density at radius 1 is 1.13 bits per heavy atom. The van der Waals surface area contributed by atoms with E-state index in [-0.39, 0.29) is 30.1 Å². The van der Waals surface area contributed by atoms with Crippen LogP contribution in [0.1, 0.15) is 35.6 Å². The van der Waals surface area contributed by atoms with Crippen molar-refractivity contribution < 1.29 is 9.18 Å². The van der Waals surface area contributed by atoms with Crippen LogP contribution in [0.2, 0.25) is 0 Å². The number of aryl methyl sites for hydroxylation is 1. The second-order valence-electron chi connectivity index (χ2n) is 7.62. The lowest BCUT2D eigenvalue weighted by Crippen LogP contribution is -2.33. The van der Waals surface area contributed by atoms with E-state index in [1.165, 1.54) is 23.5 Å². The maximum absolute atomic E-state index is 13.3. The van der Waals surface area contributed by atoms with E-state index >= 15 is 0 Å². The number of rotatable bonds is 6. The SMILES string of the molecule is Cc1nc(-c2ccc(F)cc2)c(CC(=O)N[C@H](c2nc3ccccc3[nH]2)C(C)C)s1. The monoisotopic (exact) mass is 422 g/mol. The largest absolute Gasteiger partial charge is 0.346 e. The molecule has 2 aromatic heterocycles. The highest BCUT2D eigenvalue weighted by Gasteiger charge is 2.23. The Morgan fingerprint density at radius 2 is 1.87 bits per heavy atom. The number of benzene rings is 2. The molecule has 0 saturated heterocycles. The molecule has 2 aromatic carbocycles. The fourth-order valence-corrected chi connectivity index (χ4v) is 4.42. The summed E-state index contributed by atoms with van der Waals surface area (Å²) in [6.07, 6.45) is 0.210. The molecule has 4 rings (SSSR count). The van der Waals surface area contributed by atoms with Crippen molar-refractivity contribution in [3.05, 3.63) is 70.1 Å². The summed E-state index contributed by atoms with van der Waals surface area (Å²) in [5.41, 5.74) is 3.37. The number of carbonyl (C=O) groups is 1. The molecule has 154 valence electrons. The Morgan fingerprint density at radius 3 is 2.57 bits per heavy atom. The van der Waals surface area contributed by atoms with Crippen LogP contribution in [0.15, 0.2) is 48.5 Å². The van der Waals surface area contributed by atoms with Gasteiger partial charge in [0.2, 0.25) is 5.91 Å². The number of H-pyrrole nitrogens is 1. The fraction of sp³-hybridized carbons (Fsp3) is 0.261. The van der Waals surface area contributed by atoms with Crippen molar-refractivity contribution in [2.75, 3.05) is 0 Å². The molecular weight excluding hydrogens is 399 g/mol. The van der Waals surface area contributed by atoms with Crippen molar-refractivity contribution in [1.82, 2.24) is 20.3 Å². The van der Waals surface area contributed by atoms with Gasteiger partial charge in [0, 0.05) is 10.4 Å². The van der Waals surface area contributed by atoms with Crippen LogP contribution in [0.25, 0.3) is 22.3 Å². The molecule has 0 spiro atoms. The van der Waals surface area contributed by atoms with Crippen molar-refractivity contribution in [3.8, 4) is 11.3 Å². The molecule has 0 radical (unpaired) electrons. The molecule has 1 atom stereocenters. The van der Waals surface area contributed by atoms with Gasteiger partial charge in [-0.05, 0) is 49.2 Å². The van der Waals surface area contributed by atoms with Gasteiger partial charge >= 0.3 is 0 Å². The first-order valence-electron chi connectivity index (χ1n) is 9.87. The van der Waals surface area contributed by atoms with Crippen molar-refractivity contribution in [3.63, 3.8) is 0 Å². The summed E-state index contributed by atoms with van der Waals surface area (Å²) in [7, 11) is 0. The van der Waals surface area contributed by atoms with Crippen LogP contribution < -0.4 is 5.32 Å². The standard InChI is InChI=1S/C23H23FN4OS/c1-13(2)21(23-26-17-6-4-5-7-18(17)27-23)28-20(29)12-19-22(25-14(3)30-19)15-8-10-16(24)11-9-15/h4-11,13,21H,12H2,1-3H3,(H,26,27)(H,28,29)/t21-/m0/s1. The van der Waals surface area contributed by atoms with Crippen molar-refractivity contribution in [2.24, 2.45) is 5.92 Å². The molecule has 7 heteroatoms.